The van der Waals surface area contributed by atoms with Crippen molar-refractivity contribution in [3.05, 3.63) is 0 Å². The summed E-state index contributed by atoms with van der Waals surface area (Å²) in [5.41, 5.74) is 5.51. The molecule has 0 bridgehead atoms. The van der Waals surface area contributed by atoms with Crippen LogP contribution in [0.5, 0.6) is 0 Å². The summed E-state index contributed by atoms with van der Waals surface area (Å²) in [4.78, 5) is 16.4. The van der Waals surface area contributed by atoms with E-state index in [0.717, 1.165) is 32.5 Å². The predicted molar refractivity (Wildman–Crippen MR) is 73.8 cm³/mol. The van der Waals surface area contributed by atoms with Gasteiger partial charge in [0, 0.05) is 19.6 Å². The van der Waals surface area contributed by atoms with Crippen LogP contribution in [0.1, 0.15) is 19.8 Å². The van der Waals surface area contributed by atoms with E-state index in [-0.39, 0.29) is 11.8 Å². The van der Waals surface area contributed by atoms with Crippen LogP contribution < -0.4 is 5.73 Å². The van der Waals surface area contributed by atoms with Crippen LogP contribution in [0.25, 0.3) is 0 Å². The van der Waals surface area contributed by atoms with Crippen molar-refractivity contribution in [1.29, 1.82) is 0 Å². The molecule has 0 radical (unpaired) electrons. The molecule has 4 nitrogen and oxygen atoms in total. The molecule has 1 fully saturated rings. The van der Waals surface area contributed by atoms with E-state index >= 15 is 0 Å². The number of hydrogen-bond acceptors (Lipinski definition) is 3. The van der Waals surface area contributed by atoms with Crippen molar-refractivity contribution in [2.75, 3.05) is 33.7 Å². The molecule has 0 aliphatic carbocycles. The van der Waals surface area contributed by atoms with E-state index in [0.29, 0.717) is 10.9 Å². The van der Waals surface area contributed by atoms with Crippen molar-refractivity contribution in [1.82, 2.24) is 9.80 Å². The van der Waals surface area contributed by atoms with Gasteiger partial charge in [0.15, 0.2) is 0 Å². The summed E-state index contributed by atoms with van der Waals surface area (Å²) >= 11 is 4.87. The SMILES string of the molecule is CC(C(=O)N1CCC(CN(C)C)CC1)C(N)=S. The number of thiocarbonyl (C=S) groups is 1. The first-order valence-electron chi connectivity index (χ1n) is 6.14. The molecule has 1 rings (SSSR count). The topological polar surface area (TPSA) is 49.6 Å². The van der Waals surface area contributed by atoms with Gasteiger partial charge >= 0.3 is 0 Å². The average molecular weight is 257 g/mol. The normalized spacial score (nSPS) is 19.4. The molecule has 1 atom stereocenters. The fourth-order valence-corrected chi connectivity index (χ4v) is 2.35. The number of nitrogens with zero attached hydrogens (tertiary/aromatic N) is 2. The molecule has 0 aromatic heterocycles. The summed E-state index contributed by atoms with van der Waals surface area (Å²) < 4.78 is 0. The lowest BCUT2D eigenvalue weighted by atomic mass is 9.95. The number of nitrogens with two attached hydrogens (primary N) is 1. The highest BCUT2D eigenvalue weighted by Crippen LogP contribution is 2.19. The monoisotopic (exact) mass is 257 g/mol. The van der Waals surface area contributed by atoms with Crippen LogP contribution in [-0.2, 0) is 4.79 Å². The van der Waals surface area contributed by atoms with Crippen LogP contribution in [-0.4, -0.2) is 54.4 Å². The van der Waals surface area contributed by atoms with Crippen LogP contribution in [0.2, 0.25) is 0 Å². The second kappa shape index (κ2) is 6.31. The standard InChI is InChI=1S/C12H23N3OS/c1-9(11(13)17)12(16)15-6-4-10(5-7-15)8-14(2)3/h9-10H,4-8H2,1-3H3,(H2,13,17). The van der Waals surface area contributed by atoms with Gasteiger partial charge in [0.1, 0.15) is 0 Å². The zero-order valence-electron chi connectivity index (χ0n) is 11.0. The maximum atomic E-state index is 12.0. The van der Waals surface area contributed by atoms with Crippen LogP contribution in [0.15, 0.2) is 0 Å². The van der Waals surface area contributed by atoms with Crippen LogP contribution >= 0.6 is 12.2 Å². The minimum absolute atomic E-state index is 0.0841. The second-order valence-corrected chi connectivity index (χ2v) is 5.63. The minimum Gasteiger partial charge on any atom is -0.393 e. The van der Waals surface area contributed by atoms with Gasteiger partial charge in [-0.2, -0.15) is 0 Å². The molecule has 1 aliphatic rings. The Morgan fingerprint density at radius 3 is 2.41 bits per heavy atom. The van der Waals surface area contributed by atoms with Crippen molar-refractivity contribution in [2.24, 2.45) is 17.6 Å². The van der Waals surface area contributed by atoms with Crippen LogP contribution in [0.3, 0.4) is 0 Å². The molecule has 1 amide bonds. The van der Waals surface area contributed by atoms with E-state index in [1.165, 1.54) is 0 Å². The predicted octanol–water partition coefficient (Wildman–Crippen LogP) is 0.709. The third kappa shape index (κ3) is 4.24. The fraction of sp³-hybridized carbons (Fsp3) is 0.833. The van der Waals surface area contributed by atoms with Gasteiger partial charge in [0.05, 0.1) is 10.9 Å². The Kier molecular flexibility index (Phi) is 5.33. The van der Waals surface area contributed by atoms with Gasteiger partial charge in [0.25, 0.3) is 0 Å². The van der Waals surface area contributed by atoms with Gasteiger partial charge in [-0.3, -0.25) is 4.79 Å². The first kappa shape index (κ1) is 14.4. The zero-order chi connectivity index (χ0) is 13.0. The smallest absolute Gasteiger partial charge is 0.232 e. The van der Waals surface area contributed by atoms with E-state index in [4.69, 9.17) is 18.0 Å². The Bertz CT molecular complexity index is 285. The van der Waals surface area contributed by atoms with Gasteiger partial charge in [0.2, 0.25) is 5.91 Å². The van der Waals surface area contributed by atoms with Gasteiger partial charge in [-0.15, -0.1) is 0 Å². The molecule has 1 unspecified atom stereocenters. The summed E-state index contributed by atoms with van der Waals surface area (Å²) in [6.45, 7) is 4.57. The zero-order valence-corrected chi connectivity index (χ0v) is 11.8. The third-order valence-corrected chi connectivity index (χ3v) is 3.70. The summed E-state index contributed by atoms with van der Waals surface area (Å²) in [6, 6.07) is 0. The Labute approximate surface area is 109 Å². The number of piperidine rings is 1. The maximum Gasteiger partial charge on any atom is 0.232 e. The van der Waals surface area contributed by atoms with Gasteiger partial charge in [-0.25, -0.2) is 0 Å². The lowest BCUT2D eigenvalue weighted by molar-refractivity contribution is -0.134. The molecular weight excluding hydrogens is 234 g/mol. The number of amides is 1. The molecule has 0 aromatic carbocycles. The minimum atomic E-state index is -0.324. The number of likely N-dealkylation sites (tertiary alicyclic amines) is 1. The number of carbonyl (C=O) groups excluding carboxylic acids is 1. The Hall–Kier alpha value is -0.680. The van der Waals surface area contributed by atoms with E-state index in [1.807, 2.05) is 4.90 Å². The number of rotatable bonds is 4. The fourth-order valence-electron chi connectivity index (χ4n) is 2.25. The molecule has 98 valence electrons. The van der Waals surface area contributed by atoms with Crippen molar-refractivity contribution < 1.29 is 4.79 Å². The van der Waals surface area contributed by atoms with E-state index in [1.54, 1.807) is 6.92 Å². The second-order valence-electron chi connectivity index (χ2n) is 5.15. The molecular formula is C12H23N3OS. The summed E-state index contributed by atoms with van der Waals surface area (Å²) in [6.07, 6.45) is 2.15. The van der Waals surface area contributed by atoms with Gasteiger partial charge in [-0.05, 0) is 39.8 Å². The Morgan fingerprint density at radius 1 is 1.47 bits per heavy atom. The summed E-state index contributed by atoms with van der Waals surface area (Å²) in [5, 5.41) is 0. The van der Waals surface area contributed by atoms with E-state index < -0.39 is 0 Å². The highest BCUT2D eigenvalue weighted by Gasteiger charge is 2.27. The van der Waals surface area contributed by atoms with Crippen LogP contribution in [0.4, 0.5) is 0 Å². The Balaban J connectivity index is 2.41. The molecule has 0 saturated carbocycles. The van der Waals surface area contributed by atoms with Gasteiger partial charge < -0.3 is 15.5 Å². The summed E-state index contributed by atoms with van der Waals surface area (Å²) in [7, 11) is 4.18. The lowest BCUT2D eigenvalue weighted by Crippen LogP contribution is -2.45. The molecule has 17 heavy (non-hydrogen) atoms. The Morgan fingerprint density at radius 2 is 2.00 bits per heavy atom. The molecule has 2 N–H and O–H groups in total. The third-order valence-electron chi connectivity index (χ3n) is 3.35. The quantitative estimate of drug-likeness (QED) is 0.754. The highest BCUT2D eigenvalue weighted by molar-refractivity contribution is 7.80. The van der Waals surface area contributed by atoms with Crippen molar-refractivity contribution in [3.8, 4) is 0 Å². The van der Waals surface area contributed by atoms with Crippen molar-refractivity contribution in [2.45, 2.75) is 19.8 Å². The molecule has 5 heteroatoms. The first-order valence-corrected chi connectivity index (χ1v) is 6.55. The lowest BCUT2D eigenvalue weighted by Gasteiger charge is -2.34. The molecule has 0 spiro atoms. The maximum absolute atomic E-state index is 12.0. The summed E-state index contributed by atoms with van der Waals surface area (Å²) in [5.74, 6) is 0.463. The van der Waals surface area contributed by atoms with Crippen LogP contribution in [0, 0.1) is 11.8 Å². The molecule has 1 aliphatic heterocycles. The number of hydrogen-bond donors (Lipinski definition) is 1. The largest absolute Gasteiger partial charge is 0.393 e. The van der Waals surface area contributed by atoms with Crippen molar-refractivity contribution >= 4 is 23.1 Å². The van der Waals surface area contributed by atoms with E-state index in [2.05, 4.69) is 19.0 Å². The van der Waals surface area contributed by atoms with Crippen molar-refractivity contribution in [3.63, 3.8) is 0 Å². The first-order chi connectivity index (χ1) is 7.91. The molecule has 1 saturated heterocycles. The number of carbonyl (C=O) groups is 1. The van der Waals surface area contributed by atoms with E-state index in [9.17, 15) is 4.79 Å². The molecule has 0 aromatic rings. The highest BCUT2D eigenvalue weighted by atomic mass is 32.1. The molecule has 1 heterocycles. The average Bonchev–Trinajstić information content (AvgIpc) is 2.27. The van der Waals surface area contributed by atoms with Gasteiger partial charge in [-0.1, -0.05) is 12.2 Å².